The summed E-state index contributed by atoms with van der Waals surface area (Å²) in [4.78, 5) is 12.9. The molecule has 0 saturated carbocycles. The van der Waals surface area contributed by atoms with Gasteiger partial charge in [-0.1, -0.05) is 12.1 Å². The van der Waals surface area contributed by atoms with Gasteiger partial charge >= 0.3 is 5.97 Å². The lowest BCUT2D eigenvalue weighted by Crippen LogP contribution is -2.35. The van der Waals surface area contributed by atoms with Crippen LogP contribution in [0.1, 0.15) is 23.6 Å². The van der Waals surface area contributed by atoms with E-state index < -0.39 is 12.0 Å². The van der Waals surface area contributed by atoms with Gasteiger partial charge in [0.25, 0.3) is 0 Å². The highest BCUT2D eigenvalue weighted by Crippen LogP contribution is 2.31. The summed E-state index contributed by atoms with van der Waals surface area (Å²) in [6, 6.07) is 5.19. The van der Waals surface area contributed by atoms with Crippen LogP contribution in [0.25, 0.3) is 0 Å². The SMILES string of the molecule is CN(C)C(CC(N)C(=O)O)c1ccc2c(c1)CCO2. The highest BCUT2D eigenvalue weighted by molar-refractivity contribution is 5.73. The van der Waals surface area contributed by atoms with Crippen LogP contribution in [0.3, 0.4) is 0 Å². The van der Waals surface area contributed by atoms with Gasteiger partial charge in [0.2, 0.25) is 0 Å². The molecule has 2 rings (SSSR count). The first-order chi connectivity index (χ1) is 8.99. The average Bonchev–Trinajstić information content (AvgIpc) is 2.81. The van der Waals surface area contributed by atoms with Crippen molar-refractivity contribution in [2.24, 2.45) is 5.73 Å². The Kier molecular flexibility index (Phi) is 4.07. The first-order valence-corrected chi connectivity index (χ1v) is 6.39. The number of ether oxygens (including phenoxy) is 1. The Morgan fingerprint density at radius 3 is 2.89 bits per heavy atom. The third kappa shape index (κ3) is 3.05. The summed E-state index contributed by atoms with van der Waals surface area (Å²) in [5, 5.41) is 8.95. The average molecular weight is 264 g/mol. The van der Waals surface area contributed by atoms with Crippen LogP contribution in [0.4, 0.5) is 0 Å². The standard InChI is InChI=1S/C14H20N2O3/c1-16(2)12(8-11(15)14(17)18)9-3-4-13-10(7-9)5-6-19-13/h3-4,7,11-12H,5-6,8,15H2,1-2H3,(H,17,18). The van der Waals surface area contributed by atoms with E-state index in [-0.39, 0.29) is 6.04 Å². The molecular weight excluding hydrogens is 244 g/mol. The van der Waals surface area contributed by atoms with Crippen LogP contribution in [0.2, 0.25) is 0 Å². The van der Waals surface area contributed by atoms with E-state index in [1.54, 1.807) is 0 Å². The normalized spacial score (nSPS) is 16.8. The molecule has 0 saturated heterocycles. The fourth-order valence-corrected chi connectivity index (χ4v) is 2.40. The molecule has 0 aromatic heterocycles. The number of nitrogens with two attached hydrogens (primary N) is 1. The van der Waals surface area contributed by atoms with Crippen molar-refractivity contribution in [1.29, 1.82) is 0 Å². The quantitative estimate of drug-likeness (QED) is 0.830. The molecule has 0 spiro atoms. The van der Waals surface area contributed by atoms with Crippen LogP contribution in [-0.2, 0) is 11.2 Å². The maximum Gasteiger partial charge on any atom is 0.320 e. The molecule has 0 radical (unpaired) electrons. The van der Waals surface area contributed by atoms with Gasteiger partial charge in [0.05, 0.1) is 6.61 Å². The maximum atomic E-state index is 10.9. The molecule has 1 aliphatic heterocycles. The van der Waals surface area contributed by atoms with Crippen molar-refractivity contribution < 1.29 is 14.6 Å². The van der Waals surface area contributed by atoms with Gasteiger partial charge < -0.3 is 20.5 Å². The van der Waals surface area contributed by atoms with Gasteiger partial charge in [-0.05, 0) is 37.7 Å². The van der Waals surface area contributed by atoms with Crippen molar-refractivity contribution in [1.82, 2.24) is 4.90 Å². The Morgan fingerprint density at radius 2 is 2.26 bits per heavy atom. The maximum absolute atomic E-state index is 10.9. The molecule has 1 aromatic carbocycles. The molecule has 0 aliphatic carbocycles. The van der Waals surface area contributed by atoms with E-state index >= 15 is 0 Å². The zero-order valence-corrected chi connectivity index (χ0v) is 11.3. The Morgan fingerprint density at radius 1 is 1.53 bits per heavy atom. The van der Waals surface area contributed by atoms with Crippen molar-refractivity contribution in [3.05, 3.63) is 29.3 Å². The summed E-state index contributed by atoms with van der Waals surface area (Å²) in [6.45, 7) is 0.722. The summed E-state index contributed by atoms with van der Waals surface area (Å²) < 4.78 is 5.48. The molecule has 1 aliphatic rings. The third-order valence-corrected chi connectivity index (χ3v) is 3.52. The molecular formula is C14H20N2O3. The van der Waals surface area contributed by atoms with Gasteiger partial charge in [-0.15, -0.1) is 0 Å². The lowest BCUT2D eigenvalue weighted by Gasteiger charge is -2.26. The molecule has 5 heteroatoms. The first-order valence-electron chi connectivity index (χ1n) is 6.39. The molecule has 1 aromatic rings. The monoisotopic (exact) mass is 264 g/mol. The number of hydrogen-bond donors (Lipinski definition) is 2. The van der Waals surface area contributed by atoms with Gasteiger partial charge in [0, 0.05) is 12.5 Å². The summed E-state index contributed by atoms with van der Waals surface area (Å²) in [6.07, 6.45) is 1.30. The Balaban J connectivity index is 2.21. The number of nitrogens with zero attached hydrogens (tertiary/aromatic N) is 1. The van der Waals surface area contributed by atoms with Crippen molar-refractivity contribution in [2.75, 3.05) is 20.7 Å². The van der Waals surface area contributed by atoms with Gasteiger partial charge in [-0.25, -0.2) is 0 Å². The number of carbonyl (C=O) groups is 1. The topological polar surface area (TPSA) is 75.8 Å². The summed E-state index contributed by atoms with van der Waals surface area (Å²) in [5.74, 6) is -0.0277. The zero-order chi connectivity index (χ0) is 14.0. The van der Waals surface area contributed by atoms with E-state index in [9.17, 15) is 4.79 Å². The largest absolute Gasteiger partial charge is 0.493 e. The molecule has 1 heterocycles. The molecule has 0 amide bonds. The Hall–Kier alpha value is -1.59. The number of fused-ring (bicyclic) bond motifs is 1. The van der Waals surface area contributed by atoms with Gasteiger partial charge in [-0.2, -0.15) is 0 Å². The van der Waals surface area contributed by atoms with Crippen LogP contribution >= 0.6 is 0 Å². The minimum Gasteiger partial charge on any atom is -0.493 e. The number of rotatable bonds is 5. The first kappa shape index (κ1) is 13.8. The number of benzene rings is 1. The number of carboxylic acid groups (broad SMARTS) is 1. The Bertz CT molecular complexity index is 474. The fraction of sp³-hybridized carbons (Fsp3) is 0.500. The zero-order valence-electron chi connectivity index (χ0n) is 11.3. The Labute approximate surface area is 113 Å². The van der Waals surface area contributed by atoms with E-state index in [4.69, 9.17) is 15.6 Å². The van der Waals surface area contributed by atoms with Crippen molar-refractivity contribution >= 4 is 5.97 Å². The smallest absolute Gasteiger partial charge is 0.320 e. The molecule has 3 N–H and O–H groups in total. The minimum atomic E-state index is -0.962. The predicted molar refractivity (Wildman–Crippen MR) is 72.3 cm³/mol. The van der Waals surface area contributed by atoms with E-state index in [0.29, 0.717) is 6.42 Å². The lowest BCUT2D eigenvalue weighted by atomic mass is 9.96. The van der Waals surface area contributed by atoms with Crippen LogP contribution in [0.15, 0.2) is 18.2 Å². The number of carboxylic acids is 1. The highest BCUT2D eigenvalue weighted by Gasteiger charge is 2.23. The second kappa shape index (κ2) is 5.59. The molecule has 2 atom stereocenters. The minimum absolute atomic E-state index is 0.00278. The van der Waals surface area contributed by atoms with Crippen molar-refractivity contribution in [2.45, 2.75) is 24.9 Å². The van der Waals surface area contributed by atoms with E-state index in [0.717, 1.165) is 24.3 Å². The van der Waals surface area contributed by atoms with Gasteiger partial charge in [-0.3, -0.25) is 4.79 Å². The predicted octanol–water partition coefficient (Wildman–Crippen LogP) is 1.03. The summed E-state index contributed by atoms with van der Waals surface area (Å²) in [7, 11) is 3.87. The number of aliphatic carboxylic acids is 1. The van der Waals surface area contributed by atoms with Gasteiger partial charge in [0.15, 0.2) is 0 Å². The number of hydrogen-bond acceptors (Lipinski definition) is 4. The van der Waals surface area contributed by atoms with E-state index in [1.165, 1.54) is 5.56 Å². The van der Waals surface area contributed by atoms with Crippen molar-refractivity contribution in [3.8, 4) is 5.75 Å². The van der Waals surface area contributed by atoms with Crippen LogP contribution in [0.5, 0.6) is 5.75 Å². The highest BCUT2D eigenvalue weighted by atomic mass is 16.5. The lowest BCUT2D eigenvalue weighted by molar-refractivity contribution is -0.139. The summed E-state index contributed by atoms with van der Waals surface area (Å²) in [5.41, 5.74) is 7.93. The van der Waals surface area contributed by atoms with Gasteiger partial charge in [0.1, 0.15) is 11.8 Å². The van der Waals surface area contributed by atoms with E-state index in [1.807, 2.05) is 31.1 Å². The molecule has 104 valence electrons. The van der Waals surface area contributed by atoms with Crippen LogP contribution in [-0.4, -0.2) is 42.7 Å². The van der Waals surface area contributed by atoms with Crippen LogP contribution in [0, 0.1) is 0 Å². The van der Waals surface area contributed by atoms with Crippen molar-refractivity contribution in [3.63, 3.8) is 0 Å². The molecule has 2 unspecified atom stereocenters. The third-order valence-electron chi connectivity index (χ3n) is 3.52. The molecule has 5 nitrogen and oxygen atoms in total. The summed E-state index contributed by atoms with van der Waals surface area (Å²) >= 11 is 0. The van der Waals surface area contributed by atoms with E-state index in [2.05, 4.69) is 6.07 Å². The second-order valence-electron chi connectivity index (χ2n) is 5.13. The molecule has 0 fully saturated rings. The molecule has 19 heavy (non-hydrogen) atoms. The second-order valence-corrected chi connectivity index (χ2v) is 5.13. The molecule has 0 bridgehead atoms. The van der Waals surface area contributed by atoms with Crippen LogP contribution < -0.4 is 10.5 Å². The fourth-order valence-electron chi connectivity index (χ4n) is 2.40.